The summed E-state index contributed by atoms with van der Waals surface area (Å²) >= 11 is 0. The van der Waals surface area contributed by atoms with Crippen LogP contribution in [0.1, 0.15) is 57.8 Å². The SMILES string of the molecule is O=C(O)CCCC(=O)O.O=C1CCC(=O)N1.O=C1CCC(=O)N1.O=C1CCC(=O)N1. The van der Waals surface area contributed by atoms with E-state index in [1.165, 1.54) is 0 Å². The second-order valence-corrected chi connectivity index (χ2v) is 6.06. The van der Waals surface area contributed by atoms with Crippen molar-refractivity contribution in [2.24, 2.45) is 0 Å². The van der Waals surface area contributed by atoms with Gasteiger partial charge in [-0.05, 0) is 6.42 Å². The highest BCUT2D eigenvalue weighted by atomic mass is 16.4. The van der Waals surface area contributed by atoms with Gasteiger partial charge in [0, 0.05) is 51.4 Å². The first kappa shape index (κ1) is 26.4. The average Bonchev–Trinajstić information content (AvgIpc) is 3.31. The van der Waals surface area contributed by atoms with Gasteiger partial charge in [-0.25, -0.2) is 0 Å². The molecule has 3 saturated heterocycles. The summed E-state index contributed by atoms with van der Waals surface area (Å²) in [7, 11) is 0. The zero-order valence-corrected chi connectivity index (χ0v) is 16.0. The van der Waals surface area contributed by atoms with Crippen molar-refractivity contribution in [3.05, 3.63) is 0 Å². The van der Waals surface area contributed by atoms with E-state index in [4.69, 9.17) is 10.2 Å². The van der Waals surface area contributed by atoms with Crippen molar-refractivity contribution < 1.29 is 48.6 Å². The summed E-state index contributed by atoms with van der Waals surface area (Å²) in [5.41, 5.74) is 0. The highest BCUT2D eigenvalue weighted by Crippen LogP contribution is 1.97. The van der Waals surface area contributed by atoms with Crippen LogP contribution >= 0.6 is 0 Å². The van der Waals surface area contributed by atoms with Crippen LogP contribution in [0.2, 0.25) is 0 Å². The molecule has 0 unspecified atom stereocenters. The summed E-state index contributed by atoms with van der Waals surface area (Å²) < 4.78 is 0. The molecule has 3 aliphatic heterocycles. The van der Waals surface area contributed by atoms with E-state index < -0.39 is 11.9 Å². The highest BCUT2D eigenvalue weighted by Gasteiger charge is 2.16. The number of imide groups is 3. The van der Waals surface area contributed by atoms with Gasteiger partial charge >= 0.3 is 11.9 Å². The smallest absolute Gasteiger partial charge is 0.303 e. The van der Waals surface area contributed by atoms with E-state index in [1.54, 1.807) is 0 Å². The lowest BCUT2D eigenvalue weighted by atomic mass is 10.2. The minimum Gasteiger partial charge on any atom is -0.481 e. The molecule has 30 heavy (non-hydrogen) atoms. The molecule has 0 aromatic heterocycles. The molecule has 6 amide bonds. The lowest BCUT2D eigenvalue weighted by Gasteiger charge is -1.89. The summed E-state index contributed by atoms with van der Waals surface area (Å²) in [4.78, 5) is 80.3. The topological polar surface area (TPSA) is 213 Å². The van der Waals surface area contributed by atoms with Gasteiger partial charge in [0.1, 0.15) is 0 Å². The summed E-state index contributed by atoms with van der Waals surface area (Å²) in [6.07, 6.45) is 2.33. The Labute approximate surface area is 170 Å². The second kappa shape index (κ2) is 14.4. The van der Waals surface area contributed by atoms with E-state index >= 15 is 0 Å². The molecule has 3 aliphatic rings. The second-order valence-electron chi connectivity index (χ2n) is 6.06. The van der Waals surface area contributed by atoms with Crippen LogP contribution in [0, 0.1) is 0 Å². The van der Waals surface area contributed by atoms with Gasteiger partial charge in [0.15, 0.2) is 0 Å². The van der Waals surface area contributed by atoms with Crippen molar-refractivity contribution in [1.29, 1.82) is 0 Å². The molecule has 13 nitrogen and oxygen atoms in total. The number of hydrogen-bond acceptors (Lipinski definition) is 8. The Hall–Kier alpha value is -3.64. The molecule has 3 heterocycles. The monoisotopic (exact) mass is 429 g/mol. The molecule has 0 saturated carbocycles. The lowest BCUT2D eigenvalue weighted by molar-refractivity contribution is -0.139. The molecule has 0 atom stereocenters. The van der Waals surface area contributed by atoms with Crippen molar-refractivity contribution in [3.63, 3.8) is 0 Å². The third kappa shape index (κ3) is 15.4. The van der Waals surface area contributed by atoms with Crippen molar-refractivity contribution in [1.82, 2.24) is 16.0 Å². The fourth-order valence-corrected chi connectivity index (χ4v) is 1.91. The fraction of sp³-hybridized carbons (Fsp3) is 0.529. The molecule has 3 fully saturated rings. The normalized spacial score (nSPS) is 16.7. The molecule has 13 heteroatoms. The first-order chi connectivity index (χ1) is 14.0. The van der Waals surface area contributed by atoms with Crippen LogP contribution in [0.15, 0.2) is 0 Å². The zero-order valence-electron chi connectivity index (χ0n) is 16.0. The molecular weight excluding hydrogens is 406 g/mol. The Balaban J connectivity index is 0.000000375. The quantitative estimate of drug-likeness (QED) is 0.329. The van der Waals surface area contributed by atoms with Crippen LogP contribution in [0.5, 0.6) is 0 Å². The number of carbonyl (C=O) groups excluding carboxylic acids is 6. The number of nitrogens with one attached hydrogen (secondary N) is 3. The molecule has 0 aliphatic carbocycles. The van der Waals surface area contributed by atoms with Crippen LogP contribution in [0.25, 0.3) is 0 Å². The zero-order chi connectivity index (χ0) is 23.1. The third-order valence-corrected chi connectivity index (χ3v) is 3.36. The molecule has 0 spiro atoms. The summed E-state index contributed by atoms with van der Waals surface area (Å²) in [5, 5.41) is 22.5. The van der Waals surface area contributed by atoms with Crippen molar-refractivity contribution >= 4 is 47.4 Å². The number of carboxylic acids is 2. The van der Waals surface area contributed by atoms with Gasteiger partial charge in [-0.15, -0.1) is 0 Å². The van der Waals surface area contributed by atoms with E-state index in [1.807, 2.05) is 0 Å². The Morgan fingerprint density at radius 1 is 0.533 bits per heavy atom. The first-order valence-electron chi connectivity index (χ1n) is 8.91. The van der Waals surface area contributed by atoms with Crippen molar-refractivity contribution in [3.8, 4) is 0 Å². The molecular formula is C17H23N3O10. The molecule has 3 rings (SSSR count). The third-order valence-electron chi connectivity index (χ3n) is 3.36. The van der Waals surface area contributed by atoms with E-state index in [2.05, 4.69) is 16.0 Å². The summed E-state index contributed by atoms with van der Waals surface area (Å²) in [6.45, 7) is 0. The first-order valence-corrected chi connectivity index (χ1v) is 8.91. The van der Waals surface area contributed by atoms with Crippen LogP contribution in [-0.4, -0.2) is 57.6 Å². The predicted molar refractivity (Wildman–Crippen MR) is 96.3 cm³/mol. The average molecular weight is 429 g/mol. The maximum Gasteiger partial charge on any atom is 0.303 e. The van der Waals surface area contributed by atoms with E-state index in [-0.39, 0.29) is 54.7 Å². The maximum absolute atomic E-state index is 10.1. The molecule has 0 bridgehead atoms. The molecule has 0 aromatic carbocycles. The van der Waals surface area contributed by atoms with E-state index in [9.17, 15) is 38.4 Å². The number of rotatable bonds is 4. The number of carboxylic acid groups (broad SMARTS) is 2. The molecule has 0 radical (unpaired) electrons. The van der Waals surface area contributed by atoms with Crippen LogP contribution < -0.4 is 16.0 Å². The Morgan fingerprint density at radius 3 is 0.833 bits per heavy atom. The van der Waals surface area contributed by atoms with Gasteiger partial charge in [-0.1, -0.05) is 0 Å². The predicted octanol–water partition coefficient (Wildman–Crippen LogP) is -1.41. The van der Waals surface area contributed by atoms with Crippen LogP contribution in [0.3, 0.4) is 0 Å². The standard InChI is InChI=1S/C5H8O4.3C4H5NO2/c6-4(7)2-1-3-5(8)9;3*6-3-1-2-4(7)5-3/h1-3H2,(H,6,7)(H,8,9);3*1-2H2,(H,5,6,7). The molecule has 5 N–H and O–H groups in total. The van der Waals surface area contributed by atoms with Gasteiger partial charge in [-0.2, -0.15) is 0 Å². The Morgan fingerprint density at radius 2 is 0.733 bits per heavy atom. The lowest BCUT2D eigenvalue weighted by Crippen LogP contribution is -2.18. The maximum atomic E-state index is 10.1. The Kier molecular flexibility index (Phi) is 12.6. The number of amides is 6. The molecule has 0 aromatic rings. The van der Waals surface area contributed by atoms with Crippen LogP contribution in [0.4, 0.5) is 0 Å². The number of aliphatic carboxylic acids is 2. The van der Waals surface area contributed by atoms with Crippen LogP contribution in [-0.2, 0) is 38.4 Å². The Bertz CT molecular complexity index is 589. The minimum absolute atomic E-state index is 0.0632. The number of carbonyl (C=O) groups is 8. The minimum atomic E-state index is -0.948. The van der Waals surface area contributed by atoms with Gasteiger partial charge < -0.3 is 10.2 Å². The highest BCUT2D eigenvalue weighted by molar-refractivity contribution is 6.02. The van der Waals surface area contributed by atoms with E-state index in [0.29, 0.717) is 38.5 Å². The number of hydrogen-bond donors (Lipinski definition) is 5. The largest absolute Gasteiger partial charge is 0.481 e. The summed E-state index contributed by atoms with van der Waals surface area (Å²) in [5.74, 6) is -2.78. The van der Waals surface area contributed by atoms with Gasteiger partial charge in [-0.3, -0.25) is 54.3 Å². The van der Waals surface area contributed by atoms with Gasteiger partial charge in [0.25, 0.3) is 0 Å². The fourth-order valence-electron chi connectivity index (χ4n) is 1.91. The van der Waals surface area contributed by atoms with Crippen molar-refractivity contribution in [2.75, 3.05) is 0 Å². The van der Waals surface area contributed by atoms with Gasteiger partial charge in [0.2, 0.25) is 35.4 Å². The van der Waals surface area contributed by atoms with E-state index in [0.717, 1.165) is 0 Å². The summed E-state index contributed by atoms with van der Waals surface area (Å²) in [6, 6.07) is 0. The molecule has 166 valence electrons. The van der Waals surface area contributed by atoms with Gasteiger partial charge in [0.05, 0.1) is 0 Å². The van der Waals surface area contributed by atoms with Crippen molar-refractivity contribution in [2.45, 2.75) is 57.8 Å².